The van der Waals surface area contributed by atoms with E-state index in [0.717, 1.165) is 16.8 Å². The number of rotatable bonds is 4. The molecule has 0 heterocycles. The van der Waals surface area contributed by atoms with Crippen LogP contribution in [-0.4, -0.2) is 35.1 Å². The number of aliphatic imine (C=N–C) groups is 1. The van der Waals surface area contributed by atoms with E-state index in [0.29, 0.717) is 11.0 Å². The minimum atomic E-state index is -1.74. The maximum Gasteiger partial charge on any atom is 0.230 e. The van der Waals surface area contributed by atoms with Gasteiger partial charge >= 0.3 is 0 Å². The Morgan fingerprint density at radius 1 is 1.11 bits per heavy atom. The summed E-state index contributed by atoms with van der Waals surface area (Å²) in [5, 5.41) is 3.36. The van der Waals surface area contributed by atoms with Gasteiger partial charge in [-0.25, -0.2) is 4.99 Å². The van der Waals surface area contributed by atoms with Crippen molar-refractivity contribution in [3.05, 3.63) is 65.7 Å². The van der Waals surface area contributed by atoms with E-state index in [9.17, 15) is 0 Å². The molecule has 0 saturated heterocycles. The Morgan fingerprint density at radius 2 is 1.70 bits per heavy atom. The standard InChI is InChI=1S/C19H20Cl3N3OS/c1-13-9-11-14(12-10-13)16(26-3)23-17(19(20,21)22)24-18(27)25(2)15-7-5-4-6-8-15/h4-12,17H,1-3H3,(H,24,27). The molecule has 1 atom stereocenters. The number of nitrogens with zero attached hydrogens (tertiary/aromatic N) is 2. The molecule has 1 N–H and O–H groups in total. The Morgan fingerprint density at radius 3 is 2.22 bits per heavy atom. The maximum atomic E-state index is 6.14. The fourth-order valence-electron chi connectivity index (χ4n) is 2.23. The lowest BCUT2D eigenvalue weighted by atomic mass is 10.1. The molecule has 0 aliphatic rings. The van der Waals surface area contributed by atoms with Gasteiger partial charge in [-0.05, 0) is 43.4 Å². The summed E-state index contributed by atoms with van der Waals surface area (Å²) in [6.45, 7) is 2.00. The van der Waals surface area contributed by atoms with Crippen molar-refractivity contribution >= 4 is 63.7 Å². The number of para-hydroxylation sites is 1. The first-order valence-corrected chi connectivity index (χ1v) is 9.61. The minimum absolute atomic E-state index is 0.337. The van der Waals surface area contributed by atoms with Crippen LogP contribution in [0, 0.1) is 6.92 Å². The fraction of sp³-hybridized carbons (Fsp3) is 0.263. The molecule has 0 amide bonds. The van der Waals surface area contributed by atoms with Gasteiger partial charge in [-0.15, -0.1) is 0 Å². The van der Waals surface area contributed by atoms with Crippen LogP contribution in [0.4, 0.5) is 5.69 Å². The normalized spacial score (nSPS) is 13.0. The van der Waals surface area contributed by atoms with Gasteiger partial charge in [0.2, 0.25) is 9.69 Å². The molecular weight excluding hydrogens is 425 g/mol. The van der Waals surface area contributed by atoms with Crippen molar-refractivity contribution in [2.24, 2.45) is 4.99 Å². The predicted octanol–water partition coefficient (Wildman–Crippen LogP) is 5.10. The van der Waals surface area contributed by atoms with Crippen molar-refractivity contribution in [3.63, 3.8) is 0 Å². The van der Waals surface area contributed by atoms with E-state index in [-0.39, 0.29) is 0 Å². The lowest BCUT2D eigenvalue weighted by Crippen LogP contribution is -2.48. The molecule has 2 aromatic carbocycles. The molecule has 1 unspecified atom stereocenters. The number of alkyl halides is 3. The van der Waals surface area contributed by atoms with Crippen LogP contribution in [0.2, 0.25) is 0 Å². The van der Waals surface area contributed by atoms with Crippen LogP contribution in [0.5, 0.6) is 0 Å². The Kier molecular flexibility index (Phi) is 7.74. The van der Waals surface area contributed by atoms with Crippen LogP contribution in [0.15, 0.2) is 59.6 Å². The summed E-state index contributed by atoms with van der Waals surface area (Å²) in [6.07, 6.45) is -0.947. The van der Waals surface area contributed by atoms with E-state index < -0.39 is 9.96 Å². The highest BCUT2D eigenvalue weighted by Gasteiger charge is 2.34. The van der Waals surface area contributed by atoms with Gasteiger partial charge < -0.3 is 15.0 Å². The zero-order valence-corrected chi connectivity index (χ0v) is 18.2. The molecule has 4 nitrogen and oxygen atoms in total. The van der Waals surface area contributed by atoms with E-state index in [1.165, 1.54) is 7.11 Å². The highest BCUT2D eigenvalue weighted by atomic mass is 35.6. The number of anilines is 1. The molecule has 0 saturated carbocycles. The Hall–Kier alpha value is -1.53. The van der Waals surface area contributed by atoms with Gasteiger partial charge in [0.15, 0.2) is 11.3 Å². The SMILES string of the molecule is COC(=NC(NC(=S)N(C)c1ccccc1)C(Cl)(Cl)Cl)c1ccc(C)cc1. The van der Waals surface area contributed by atoms with Crippen molar-refractivity contribution in [3.8, 4) is 0 Å². The zero-order chi connectivity index (χ0) is 20.0. The fourth-order valence-corrected chi connectivity index (χ4v) is 2.76. The second-order valence-corrected chi connectivity index (χ2v) is 8.55. The van der Waals surface area contributed by atoms with Gasteiger partial charge in [-0.1, -0.05) is 70.7 Å². The Bertz CT molecular complexity index is 792. The van der Waals surface area contributed by atoms with E-state index >= 15 is 0 Å². The quantitative estimate of drug-likeness (QED) is 0.308. The first-order valence-electron chi connectivity index (χ1n) is 8.07. The number of halogens is 3. The molecule has 0 radical (unpaired) electrons. The molecule has 0 aliphatic carbocycles. The third-order valence-electron chi connectivity index (χ3n) is 3.76. The number of aryl methyl sites for hydroxylation is 1. The summed E-state index contributed by atoms with van der Waals surface area (Å²) in [4.78, 5) is 6.23. The molecule has 2 aromatic rings. The van der Waals surface area contributed by atoms with Gasteiger partial charge in [-0.2, -0.15) is 0 Å². The van der Waals surface area contributed by atoms with Crippen molar-refractivity contribution in [2.45, 2.75) is 16.9 Å². The number of methoxy groups -OCH3 is 1. The maximum absolute atomic E-state index is 6.14. The second kappa shape index (κ2) is 9.60. The van der Waals surface area contributed by atoms with Gasteiger partial charge in [0.05, 0.1) is 7.11 Å². The third kappa shape index (κ3) is 6.25. The average Bonchev–Trinajstić information content (AvgIpc) is 2.65. The number of hydrogen-bond acceptors (Lipinski definition) is 3. The van der Waals surface area contributed by atoms with Crippen LogP contribution in [0.1, 0.15) is 11.1 Å². The van der Waals surface area contributed by atoms with Crippen LogP contribution in [0.25, 0.3) is 0 Å². The molecule has 2 rings (SSSR count). The summed E-state index contributed by atoms with van der Waals surface area (Å²) < 4.78 is 3.67. The molecule has 0 bridgehead atoms. The van der Waals surface area contributed by atoms with Crippen molar-refractivity contribution < 1.29 is 4.74 Å². The molecule has 0 fully saturated rings. The summed E-state index contributed by atoms with van der Waals surface area (Å²) in [5.41, 5.74) is 2.79. The average molecular weight is 445 g/mol. The van der Waals surface area contributed by atoms with Crippen molar-refractivity contribution in [1.82, 2.24) is 5.32 Å². The molecule has 144 valence electrons. The highest BCUT2D eigenvalue weighted by Crippen LogP contribution is 2.32. The van der Waals surface area contributed by atoms with Gasteiger partial charge in [-0.3, -0.25) is 0 Å². The molecular formula is C19H20Cl3N3OS. The summed E-state index contributed by atoms with van der Waals surface area (Å²) in [5.74, 6) is 0.337. The van der Waals surface area contributed by atoms with Gasteiger partial charge in [0.25, 0.3) is 0 Å². The number of thiocarbonyl (C=S) groups is 1. The number of nitrogens with one attached hydrogen (secondary N) is 1. The second-order valence-electron chi connectivity index (χ2n) is 5.79. The van der Waals surface area contributed by atoms with Crippen molar-refractivity contribution in [2.75, 3.05) is 19.1 Å². The Balaban J connectivity index is 2.26. The summed E-state index contributed by atoms with van der Waals surface area (Å²) in [6, 6.07) is 17.3. The van der Waals surface area contributed by atoms with Crippen molar-refractivity contribution in [1.29, 1.82) is 0 Å². The summed E-state index contributed by atoms with van der Waals surface area (Å²) in [7, 11) is 3.34. The highest BCUT2D eigenvalue weighted by molar-refractivity contribution is 7.80. The number of hydrogen-bond donors (Lipinski definition) is 1. The lowest BCUT2D eigenvalue weighted by molar-refractivity contribution is 0.397. The smallest absolute Gasteiger partial charge is 0.230 e. The van der Waals surface area contributed by atoms with Crippen LogP contribution in [0.3, 0.4) is 0 Å². The zero-order valence-electron chi connectivity index (χ0n) is 15.1. The number of ether oxygens (including phenoxy) is 1. The molecule has 27 heavy (non-hydrogen) atoms. The van der Waals surface area contributed by atoms with E-state index in [4.69, 9.17) is 51.8 Å². The first kappa shape index (κ1) is 21.8. The topological polar surface area (TPSA) is 36.9 Å². The largest absolute Gasteiger partial charge is 0.481 e. The molecule has 8 heteroatoms. The predicted molar refractivity (Wildman–Crippen MR) is 119 cm³/mol. The van der Waals surface area contributed by atoms with Crippen LogP contribution in [-0.2, 0) is 4.74 Å². The molecule has 0 aliphatic heterocycles. The molecule has 0 aromatic heterocycles. The van der Waals surface area contributed by atoms with Gasteiger partial charge in [0, 0.05) is 18.3 Å². The monoisotopic (exact) mass is 443 g/mol. The van der Waals surface area contributed by atoms with E-state index in [1.54, 1.807) is 4.90 Å². The van der Waals surface area contributed by atoms with E-state index in [1.807, 2.05) is 68.6 Å². The summed E-state index contributed by atoms with van der Waals surface area (Å²) >= 11 is 23.9. The van der Waals surface area contributed by atoms with Gasteiger partial charge in [0.1, 0.15) is 0 Å². The van der Waals surface area contributed by atoms with Crippen LogP contribution < -0.4 is 10.2 Å². The first-order chi connectivity index (χ1) is 12.7. The lowest BCUT2D eigenvalue weighted by Gasteiger charge is -2.28. The van der Waals surface area contributed by atoms with Crippen LogP contribution >= 0.6 is 47.0 Å². The molecule has 0 spiro atoms. The van der Waals surface area contributed by atoms with E-state index in [2.05, 4.69) is 10.3 Å². The third-order valence-corrected chi connectivity index (χ3v) is 4.77. The Labute approximate surface area is 180 Å². The minimum Gasteiger partial charge on any atom is -0.481 e. The number of benzene rings is 2.